The molecule has 2 aromatic rings. The largest absolute Gasteiger partial charge is 0.481 e. The number of nitrogens with zero attached hydrogens (tertiary/aromatic N) is 1. The zero-order valence-corrected chi connectivity index (χ0v) is 15.2. The second-order valence-electron chi connectivity index (χ2n) is 6.02. The van der Waals surface area contributed by atoms with Crippen LogP contribution in [0, 0.1) is 12.7 Å². The van der Waals surface area contributed by atoms with E-state index in [0.29, 0.717) is 0 Å². The van der Waals surface area contributed by atoms with E-state index in [1.54, 1.807) is 19.1 Å². The molecule has 0 aromatic heterocycles. The van der Waals surface area contributed by atoms with Crippen LogP contribution in [-0.2, 0) is 16.1 Å². The van der Waals surface area contributed by atoms with E-state index in [9.17, 15) is 14.0 Å². The molecule has 0 fully saturated rings. The van der Waals surface area contributed by atoms with Gasteiger partial charge < -0.3 is 15.0 Å². The summed E-state index contributed by atoms with van der Waals surface area (Å²) in [4.78, 5) is 26.1. The predicted molar refractivity (Wildman–Crippen MR) is 97.2 cm³/mol. The van der Waals surface area contributed by atoms with Crippen LogP contribution in [0.15, 0.2) is 48.5 Å². The van der Waals surface area contributed by atoms with Crippen molar-refractivity contribution in [1.82, 2.24) is 10.2 Å². The number of nitrogens with one attached hydrogen (secondary N) is 1. The van der Waals surface area contributed by atoms with Crippen LogP contribution in [0.3, 0.4) is 0 Å². The summed E-state index contributed by atoms with van der Waals surface area (Å²) in [6, 6.07) is 12.9. The van der Waals surface area contributed by atoms with Crippen molar-refractivity contribution < 1.29 is 18.7 Å². The number of hydrogen-bond acceptors (Lipinski definition) is 3. The number of likely N-dealkylation sites (N-methyl/N-ethyl adjacent to an activating group) is 1. The first-order valence-electron chi connectivity index (χ1n) is 8.36. The second-order valence-corrected chi connectivity index (χ2v) is 6.02. The molecule has 0 spiro atoms. The van der Waals surface area contributed by atoms with Gasteiger partial charge in [-0.1, -0.05) is 42.0 Å². The van der Waals surface area contributed by atoms with Gasteiger partial charge >= 0.3 is 0 Å². The van der Waals surface area contributed by atoms with E-state index in [1.807, 2.05) is 31.2 Å². The topological polar surface area (TPSA) is 58.6 Å². The Morgan fingerprint density at radius 2 is 1.81 bits per heavy atom. The van der Waals surface area contributed by atoms with E-state index in [0.717, 1.165) is 11.1 Å². The summed E-state index contributed by atoms with van der Waals surface area (Å²) in [6.07, 6.45) is 0. The fourth-order valence-electron chi connectivity index (χ4n) is 2.47. The normalized spacial score (nSPS) is 11.5. The van der Waals surface area contributed by atoms with E-state index >= 15 is 0 Å². The maximum absolute atomic E-state index is 13.7. The van der Waals surface area contributed by atoms with E-state index in [4.69, 9.17) is 4.74 Å². The first-order valence-corrected chi connectivity index (χ1v) is 8.36. The van der Waals surface area contributed by atoms with Gasteiger partial charge in [-0.15, -0.1) is 0 Å². The highest BCUT2D eigenvalue weighted by molar-refractivity contribution is 5.87. The zero-order valence-electron chi connectivity index (χ0n) is 15.2. The van der Waals surface area contributed by atoms with Crippen molar-refractivity contribution in [2.45, 2.75) is 26.4 Å². The quantitative estimate of drug-likeness (QED) is 0.828. The third-order valence-electron chi connectivity index (χ3n) is 4.08. The fourth-order valence-corrected chi connectivity index (χ4v) is 2.47. The van der Waals surface area contributed by atoms with Gasteiger partial charge in [-0.25, -0.2) is 4.39 Å². The van der Waals surface area contributed by atoms with E-state index in [2.05, 4.69) is 5.32 Å². The molecule has 6 heteroatoms. The molecule has 138 valence electrons. The lowest BCUT2D eigenvalue weighted by Crippen LogP contribution is -2.48. The Bertz CT molecular complexity index is 762. The summed E-state index contributed by atoms with van der Waals surface area (Å²) in [7, 11) is 1.52. The summed E-state index contributed by atoms with van der Waals surface area (Å²) in [6.45, 7) is 3.53. The minimum atomic E-state index is -0.682. The number of benzene rings is 2. The van der Waals surface area contributed by atoms with Crippen LogP contribution in [0.25, 0.3) is 0 Å². The molecule has 5 nitrogen and oxygen atoms in total. The summed E-state index contributed by atoms with van der Waals surface area (Å²) in [5, 5.41) is 2.54. The molecule has 1 atom stereocenters. The molecule has 1 N–H and O–H groups in total. The molecule has 2 aromatic carbocycles. The van der Waals surface area contributed by atoms with Gasteiger partial charge in [-0.05, 0) is 31.5 Å². The summed E-state index contributed by atoms with van der Waals surface area (Å²) < 4.78 is 19.0. The Morgan fingerprint density at radius 1 is 1.15 bits per heavy atom. The number of carbonyl (C=O) groups is 2. The monoisotopic (exact) mass is 358 g/mol. The Labute approximate surface area is 152 Å². The van der Waals surface area contributed by atoms with Crippen LogP contribution >= 0.6 is 0 Å². The highest BCUT2D eigenvalue weighted by Gasteiger charge is 2.26. The van der Waals surface area contributed by atoms with Crippen molar-refractivity contribution in [3.63, 3.8) is 0 Å². The van der Waals surface area contributed by atoms with Crippen LogP contribution in [-0.4, -0.2) is 36.4 Å². The number of hydrogen-bond donors (Lipinski definition) is 1. The predicted octanol–water partition coefficient (Wildman–Crippen LogP) is 2.68. The molecule has 2 amide bonds. The van der Waals surface area contributed by atoms with Crippen LogP contribution in [0.2, 0.25) is 0 Å². The molecule has 0 aliphatic heterocycles. The van der Waals surface area contributed by atoms with Gasteiger partial charge in [0.25, 0.3) is 5.91 Å². The summed E-state index contributed by atoms with van der Waals surface area (Å²) in [5.74, 6) is -1.21. The highest BCUT2D eigenvalue weighted by Crippen LogP contribution is 2.16. The van der Waals surface area contributed by atoms with Gasteiger partial charge in [0.05, 0.1) is 0 Å². The number of para-hydroxylation sites is 1. The van der Waals surface area contributed by atoms with E-state index < -0.39 is 17.8 Å². The maximum atomic E-state index is 13.7. The lowest BCUT2D eigenvalue weighted by molar-refractivity contribution is -0.142. The molecule has 26 heavy (non-hydrogen) atoms. The average Bonchev–Trinajstić information content (AvgIpc) is 2.65. The van der Waals surface area contributed by atoms with Crippen LogP contribution in [0.5, 0.6) is 5.75 Å². The molecule has 0 radical (unpaired) electrons. The molecule has 2 rings (SSSR count). The number of ether oxygens (including phenoxy) is 1. The molecular weight excluding hydrogens is 335 g/mol. The Kier molecular flexibility index (Phi) is 6.72. The van der Waals surface area contributed by atoms with Gasteiger partial charge in [0.15, 0.2) is 18.2 Å². The van der Waals surface area contributed by atoms with Gasteiger partial charge in [0.2, 0.25) is 5.91 Å². The lowest BCUT2D eigenvalue weighted by atomic mass is 10.1. The van der Waals surface area contributed by atoms with Crippen molar-refractivity contribution in [1.29, 1.82) is 0 Å². The standard InChI is InChI=1S/C20H23FN2O3/c1-14-8-10-16(11-9-14)12-23(15(2)20(25)22-3)19(24)13-26-18-7-5-4-6-17(18)21/h4-11,15H,12-13H2,1-3H3,(H,22,25)/t15-/m0/s1. The van der Waals surface area contributed by atoms with Crippen LogP contribution in [0.4, 0.5) is 4.39 Å². The highest BCUT2D eigenvalue weighted by atomic mass is 19.1. The van der Waals surface area contributed by atoms with E-state index in [1.165, 1.54) is 24.1 Å². The molecule has 0 heterocycles. The van der Waals surface area contributed by atoms with E-state index in [-0.39, 0.29) is 24.8 Å². The Hall–Kier alpha value is -2.89. The number of amides is 2. The van der Waals surface area contributed by atoms with Crippen LogP contribution < -0.4 is 10.1 Å². The number of rotatable bonds is 7. The SMILES string of the molecule is CNC(=O)[C@H](C)N(Cc1ccc(C)cc1)C(=O)COc1ccccc1F. The second kappa shape index (κ2) is 8.99. The smallest absolute Gasteiger partial charge is 0.261 e. The Morgan fingerprint density at radius 3 is 2.42 bits per heavy atom. The zero-order chi connectivity index (χ0) is 19.1. The first-order chi connectivity index (χ1) is 12.4. The van der Waals surface area contributed by atoms with Crippen molar-refractivity contribution in [2.24, 2.45) is 0 Å². The molecule has 0 saturated carbocycles. The van der Waals surface area contributed by atoms with Crippen molar-refractivity contribution >= 4 is 11.8 Å². The molecule has 0 bridgehead atoms. The molecule has 0 aliphatic carbocycles. The average molecular weight is 358 g/mol. The van der Waals surface area contributed by atoms with Gasteiger partial charge in [0, 0.05) is 13.6 Å². The minimum Gasteiger partial charge on any atom is -0.481 e. The molecule has 0 unspecified atom stereocenters. The maximum Gasteiger partial charge on any atom is 0.261 e. The Balaban J connectivity index is 2.13. The van der Waals surface area contributed by atoms with Gasteiger partial charge in [-0.3, -0.25) is 9.59 Å². The summed E-state index contributed by atoms with van der Waals surface area (Å²) >= 11 is 0. The van der Waals surface area contributed by atoms with Crippen molar-refractivity contribution in [2.75, 3.05) is 13.7 Å². The third-order valence-corrected chi connectivity index (χ3v) is 4.08. The molecule has 0 saturated heterocycles. The molecular formula is C20H23FN2O3. The third kappa shape index (κ3) is 5.05. The summed E-state index contributed by atoms with van der Waals surface area (Å²) in [5.41, 5.74) is 2.00. The number of carbonyl (C=O) groups excluding carboxylic acids is 2. The molecule has 0 aliphatic rings. The number of aryl methyl sites for hydroxylation is 1. The minimum absolute atomic E-state index is 0.00346. The van der Waals surface area contributed by atoms with Gasteiger partial charge in [-0.2, -0.15) is 0 Å². The lowest BCUT2D eigenvalue weighted by Gasteiger charge is -2.28. The van der Waals surface area contributed by atoms with Crippen LogP contribution in [0.1, 0.15) is 18.1 Å². The first kappa shape index (κ1) is 19.4. The van der Waals surface area contributed by atoms with Crippen molar-refractivity contribution in [3.8, 4) is 5.75 Å². The number of halogens is 1. The van der Waals surface area contributed by atoms with Crippen molar-refractivity contribution in [3.05, 3.63) is 65.5 Å². The fraction of sp³-hybridized carbons (Fsp3) is 0.300. The van der Waals surface area contributed by atoms with Gasteiger partial charge in [0.1, 0.15) is 6.04 Å².